The molecule has 0 saturated heterocycles. The summed E-state index contributed by atoms with van der Waals surface area (Å²) in [7, 11) is 0. The van der Waals surface area contributed by atoms with Gasteiger partial charge in [0.2, 0.25) is 0 Å². The molecule has 7 heteroatoms. The third-order valence-corrected chi connectivity index (χ3v) is 3.46. The fourth-order valence-corrected chi connectivity index (χ4v) is 2.32. The van der Waals surface area contributed by atoms with E-state index < -0.39 is 23.7 Å². The molecule has 0 fully saturated rings. The van der Waals surface area contributed by atoms with Gasteiger partial charge < -0.3 is 15.2 Å². The third-order valence-electron chi connectivity index (χ3n) is 2.42. The lowest BCUT2D eigenvalue weighted by Gasteiger charge is -2.22. The Kier molecular flexibility index (Phi) is 6.27. The van der Waals surface area contributed by atoms with E-state index in [2.05, 4.69) is 27.9 Å². The van der Waals surface area contributed by atoms with Gasteiger partial charge in [-0.3, -0.25) is 0 Å². The average molecular weight is 426 g/mol. The van der Waals surface area contributed by atoms with Crippen LogP contribution < -0.4 is 5.32 Å². The first-order valence-electron chi connectivity index (χ1n) is 6.25. The average Bonchev–Trinajstić information content (AvgIpc) is 2.30. The van der Waals surface area contributed by atoms with Crippen molar-refractivity contribution in [2.24, 2.45) is 0 Å². The maximum Gasteiger partial charge on any atom is 0.408 e. The van der Waals surface area contributed by atoms with Gasteiger partial charge in [-0.25, -0.2) is 9.59 Å². The van der Waals surface area contributed by atoms with Gasteiger partial charge in [0.25, 0.3) is 0 Å². The fraction of sp³-hybridized carbons (Fsp3) is 0.429. The lowest BCUT2D eigenvalue weighted by atomic mass is 10.1. The van der Waals surface area contributed by atoms with Gasteiger partial charge in [-0.1, -0.05) is 11.6 Å². The number of aliphatic carboxylic acids is 1. The molecule has 0 aliphatic heterocycles. The minimum Gasteiger partial charge on any atom is -0.480 e. The number of nitrogens with one attached hydrogen (secondary N) is 1. The van der Waals surface area contributed by atoms with Crippen LogP contribution in [0.4, 0.5) is 4.79 Å². The number of carbonyl (C=O) groups is 2. The van der Waals surface area contributed by atoms with Gasteiger partial charge in [-0.15, -0.1) is 0 Å². The number of rotatable bonds is 4. The summed E-state index contributed by atoms with van der Waals surface area (Å²) in [5.41, 5.74) is -0.0283. The number of carboxylic acids is 1. The van der Waals surface area contributed by atoms with E-state index in [1.54, 1.807) is 32.9 Å². The van der Waals surface area contributed by atoms with Crippen LogP contribution in [0.1, 0.15) is 26.3 Å². The molecule has 0 aliphatic carbocycles. The number of ether oxygens (including phenoxy) is 1. The normalized spacial score (nSPS) is 12.6. The van der Waals surface area contributed by atoms with E-state index in [0.717, 1.165) is 3.57 Å². The molecule has 0 radical (unpaired) electrons. The molecule has 21 heavy (non-hydrogen) atoms. The van der Waals surface area contributed by atoms with Crippen LogP contribution in [0.2, 0.25) is 5.02 Å². The van der Waals surface area contributed by atoms with Crippen molar-refractivity contribution in [3.05, 3.63) is 32.4 Å². The van der Waals surface area contributed by atoms with Crippen LogP contribution in [0.3, 0.4) is 0 Å². The molecule has 1 aromatic rings. The molecule has 0 spiro atoms. The maximum absolute atomic E-state index is 11.7. The minimum atomic E-state index is -1.14. The Labute approximate surface area is 142 Å². The number of halogens is 2. The topological polar surface area (TPSA) is 75.6 Å². The van der Waals surface area contributed by atoms with Gasteiger partial charge in [-0.05, 0) is 67.1 Å². The second-order valence-corrected chi connectivity index (χ2v) is 7.13. The van der Waals surface area contributed by atoms with E-state index in [-0.39, 0.29) is 6.42 Å². The highest BCUT2D eigenvalue weighted by molar-refractivity contribution is 14.1. The van der Waals surface area contributed by atoms with Crippen molar-refractivity contribution in [1.29, 1.82) is 0 Å². The monoisotopic (exact) mass is 425 g/mol. The Morgan fingerprint density at radius 2 is 2.05 bits per heavy atom. The Balaban J connectivity index is 2.81. The zero-order chi connectivity index (χ0) is 16.2. The first kappa shape index (κ1) is 18.0. The number of amides is 1. The highest BCUT2D eigenvalue weighted by Gasteiger charge is 2.24. The van der Waals surface area contributed by atoms with Crippen molar-refractivity contribution in [1.82, 2.24) is 5.32 Å². The summed E-state index contributed by atoms with van der Waals surface area (Å²) in [6.07, 6.45) is -0.679. The standard InChI is InChI=1S/C14H17ClINO4/c1-14(2,3)21-13(20)17-11(12(18)19)7-8-6-9(16)4-5-10(8)15/h4-6,11H,7H2,1-3H3,(H,17,20)(H,18,19). The molecule has 0 heterocycles. The van der Waals surface area contributed by atoms with E-state index in [1.807, 2.05) is 6.07 Å². The van der Waals surface area contributed by atoms with Crippen LogP contribution in [0.5, 0.6) is 0 Å². The fourth-order valence-electron chi connectivity index (χ4n) is 1.57. The summed E-state index contributed by atoms with van der Waals surface area (Å²) in [6.45, 7) is 5.12. The number of alkyl carbamates (subject to hydrolysis) is 1. The second-order valence-electron chi connectivity index (χ2n) is 5.48. The van der Waals surface area contributed by atoms with Crippen LogP contribution in [0, 0.1) is 3.57 Å². The van der Waals surface area contributed by atoms with Crippen molar-refractivity contribution < 1.29 is 19.4 Å². The third kappa shape index (κ3) is 6.52. The van der Waals surface area contributed by atoms with Crippen molar-refractivity contribution in [2.75, 3.05) is 0 Å². The van der Waals surface area contributed by atoms with E-state index in [9.17, 15) is 14.7 Å². The summed E-state index contributed by atoms with van der Waals surface area (Å²) in [6, 6.07) is 4.21. The lowest BCUT2D eigenvalue weighted by molar-refractivity contribution is -0.139. The van der Waals surface area contributed by atoms with Gasteiger partial charge in [0.15, 0.2) is 0 Å². The smallest absolute Gasteiger partial charge is 0.408 e. The van der Waals surface area contributed by atoms with Crippen LogP contribution in [-0.2, 0) is 16.0 Å². The van der Waals surface area contributed by atoms with Crippen molar-refractivity contribution in [2.45, 2.75) is 38.8 Å². The van der Waals surface area contributed by atoms with Crippen LogP contribution >= 0.6 is 34.2 Å². The van der Waals surface area contributed by atoms with Crippen LogP contribution in [-0.4, -0.2) is 28.8 Å². The van der Waals surface area contributed by atoms with E-state index in [0.29, 0.717) is 10.6 Å². The van der Waals surface area contributed by atoms with Gasteiger partial charge in [-0.2, -0.15) is 0 Å². The highest BCUT2D eigenvalue weighted by Crippen LogP contribution is 2.20. The molecule has 1 amide bonds. The molecule has 1 rings (SSSR count). The van der Waals surface area contributed by atoms with E-state index >= 15 is 0 Å². The van der Waals surface area contributed by atoms with Gasteiger partial charge in [0.05, 0.1) is 0 Å². The largest absolute Gasteiger partial charge is 0.480 e. The Morgan fingerprint density at radius 3 is 2.57 bits per heavy atom. The lowest BCUT2D eigenvalue weighted by Crippen LogP contribution is -2.44. The summed E-state index contributed by atoms with van der Waals surface area (Å²) in [4.78, 5) is 23.0. The highest BCUT2D eigenvalue weighted by atomic mass is 127. The summed E-state index contributed by atoms with van der Waals surface area (Å²) in [5.74, 6) is -1.14. The van der Waals surface area contributed by atoms with Crippen molar-refractivity contribution in [3.8, 4) is 0 Å². The van der Waals surface area contributed by atoms with Crippen LogP contribution in [0.25, 0.3) is 0 Å². The first-order chi connectivity index (χ1) is 9.58. The molecule has 1 unspecified atom stereocenters. The molecule has 0 aliphatic rings. The molecule has 0 saturated carbocycles. The van der Waals surface area contributed by atoms with Crippen molar-refractivity contribution >= 4 is 46.3 Å². The zero-order valence-corrected chi connectivity index (χ0v) is 14.9. The minimum absolute atomic E-state index is 0.0876. The molecule has 5 nitrogen and oxygen atoms in total. The number of benzene rings is 1. The SMILES string of the molecule is CC(C)(C)OC(=O)NC(Cc1cc(I)ccc1Cl)C(=O)O. The molecule has 2 N–H and O–H groups in total. The van der Waals surface area contributed by atoms with E-state index in [1.165, 1.54) is 0 Å². The quantitative estimate of drug-likeness (QED) is 0.725. The molecule has 1 aromatic carbocycles. The van der Waals surface area contributed by atoms with E-state index in [4.69, 9.17) is 16.3 Å². The molecule has 0 bridgehead atoms. The summed E-state index contributed by atoms with van der Waals surface area (Å²) in [5, 5.41) is 12.0. The number of carbonyl (C=O) groups excluding carboxylic acids is 1. The number of carboxylic acid groups (broad SMARTS) is 1. The molecule has 116 valence electrons. The summed E-state index contributed by atoms with van der Waals surface area (Å²) < 4.78 is 6.00. The first-order valence-corrected chi connectivity index (χ1v) is 7.70. The predicted octanol–water partition coefficient (Wildman–Crippen LogP) is 3.47. The Bertz CT molecular complexity index is 542. The molecular weight excluding hydrogens is 409 g/mol. The number of hydrogen-bond donors (Lipinski definition) is 2. The van der Waals surface area contributed by atoms with Crippen molar-refractivity contribution in [3.63, 3.8) is 0 Å². The Hall–Kier alpha value is -1.02. The zero-order valence-electron chi connectivity index (χ0n) is 11.9. The molecular formula is C14H17ClINO4. The molecule has 1 atom stereocenters. The van der Waals surface area contributed by atoms with Gasteiger partial charge in [0, 0.05) is 15.0 Å². The van der Waals surface area contributed by atoms with Crippen LogP contribution in [0.15, 0.2) is 18.2 Å². The van der Waals surface area contributed by atoms with Gasteiger partial charge >= 0.3 is 12.1 Å². The number of hydrogen-bond acceptors (Lipinski definition) is 3. The predicted molar refractivity (Wildman–Crippen MR) is 88.7 cm³/mol. The second kappa shape index (κ2) is 7.31. The van der Waals surface area contributed by atoms with Gasteiger partial charge in [0.1, 0.15) is 11.6 Å². The maximum atomic E-state index is 11.7. The summed E-state index contributed by atoms with van der Waals surface area (Å²) >= 11 is 8.16. The Morgan fingerprint density at radius 1 is 1.43 bits per heavy atom. The molecule has 0 aromatic heterocycles.